The fourth-order valence-corrected chi connectivity index (χ4v) is 3.24. The summed E-state index contributed by atoms with van der Waals surface area (Å²) in [6.45, 7) is 2.54. The number of imidazole rings is 2. The number of ether oxygens (including phenoxy) is 1. The molecule has 0 radical (unpaired) electrons. The molecule has 0 aliphatic carbocycles. The third-order valence-electron chi connectivity index (χ3n) is 4.78. The highest BCUT2D eigenvalue weighted by atomic mass is 19.4. The van der Waals surface area contributed by atoms with Gasteiger partial charge in [-0.05, 0) is 36.8 Å². The molecule has 0 aliphatic heterocycles. The number of hydrogen-bond donors (Lipinski definition) is 0. The maximum Gasteiger partial charge on any atom is 0.416 e. The van der Waals surface area contributed by atoms with Crippen molar-refractivity contribution in [1.29, 1.82) is 0 Å². The minimum atomic E-state index is -4.35. The van der Waals surface area contributed by atoms with Crippen LogP contribution < -0.4 is 4.74 Å². The van der Waals surface area contributed by atoms with Gasteiger partial charge in [0.05, 0.1) is 24.9 Å². The molecule has 0 bridgehead atoms. The number of nitrogens with zero attached hydrogens (tertiary/aromatic N) is 3. The molecule has 0 fully saturated rings. The van der Waals surface area contributed by atoms with Gasteiger partial charge in [0.1, 0.15) is 5.75 Å². The Labute approximate surface area is 159 Å². The zero-order valence-electron chi connectivity index (χ0n) is 15.4. The lowest BCUT2D eigenvalue weighted by Gasteiger charge is -2.07. The quantitative estimate of drug-likeness (QED) is 0.484. The van der Waals surface area contributed by atoms with Crippen LogP contribution in [0.2, 0.25) is 0 Å². The Hall–Kier alpha value is -3.22. The molecule has 0 atom stereocenters. The molecule has 4 nitrogen and oxygen atoms in total. The standard InChI is InChI=1S/C21H18F3N3O/c1-14-19(16-5-7-17(8-6-16)21(22,23)24)25-20-26(11-12-27(14)20)13-15-3-9-18(28-2)10-4-15/h3-12H,13H2,1-2H3. The third-order valence-corrected chi connectivity index (χ3v) is 4.78. The first-order chi connectivity index (χ1) is 13.4. The van der Waals surface area contributed by atoms with E-state index in [4.69, 9.17) is 4.74 Å². The number of rotatable bonds is 4. The highest BCUT2D eigenvalue weighted by molar-refractivity contribution is 5.65. The lowest BCUT2D eigenvalue weighted by molar-refractivity contribution is -0.137. The van der Waals surface area contributed by atoms with Crippen LogP contribution in [0.5, 0.6) is 5.75 Å². The van der Waals surface area contributed by atoms with E-state index in [1.807, 2.05) is 52.6 Å². The van der Waals surface area contributed by atoms with Crippen molar-refractivity contribution in [3.05, 3.63) is 77.7 Å². The second-order valence-electron chi connectivity index (χ2n) is 6.57. The number of benzene rings is 2. The molecule has 2 aromatic carbocycles. The van der Waals surface area contributed by atoms with Crippen LogP contribution in [0.3, 0.4) is 0 Å². The van der Waals surface area contributed by atoms with Crippen LogP contribution >= 0.6 is 0 Å². The molecule has 2 aromatic heterocycles. The summed E-state index contributed by atoms with van der Waals surface area (Å²) in [7, 11) is 1.63. The van der Waals surface area contributed by atoms with Crippen LogP contribution in [0.4, 0.5) is 13.2 Å². The molecule has 0 saturated carbocycles. The molecular weight excluding hydrogens is 367 g/mol. The van der Waals surface area contributed by atoms with Gasteiger partial charge in [0.15, 0.2) is 0 Å². The van der Waals surface area contributed by atoms with Gasteiger partial charge in [-0.15, -0.1) is 0 Å². The monoisotopic (exact) mass is 385 g/mol. The van der Waals surface area contributed by atoms with Crippen molar-refractivity contribution < 1.29 is 17.9 Å². The van der Waals surface area contributed by atoms with Crippen molar-refractivity contribution in [1.82, 2.24) is 14.0 Å². The first kappa shape index (κ1) is 18.2. The second-order valence-corrected chi connectivity index (χ2v) is 6.57. The van der Waals surface area contributed by atoms with Gasteiger partial charge in [-0.1, -0.05) is 24.3 Å². The number of aryl methyl sites for hydroxylation is 1. The van der Waals surface area contributed by atoms with Crippen molar-refractivity contribution in [2.75, 3.05) is 7.11 Å². The van der Waals surface area contributed by atoms with E-state index in [-0.39, 0.29) is 0 Å². The highest BCUT2D eigenvalue weighted by Gasteiger charge is 2.30. The van der Waals surface area contributed by atoms with Crippen LogP contribution in [-0.4, -0.2) is 21.1 Å². The summed E-state index contributed by atoms with van der Waals surface area (Å²) < 4.78 is 47.5. The third kappa shape index (κ3) is 3.24. The smallest absolute Gasteiger partial charge is 0.416 e. The summed E-state index contributed by atoms with van der Waals surface area (Å²) in [4.78, 5) is 4.68. The van der Waals surface area contributed by atoms with Crippen molar-refractivity contribution in [3.63, 3.8) is 0 Å². The Balaban J connectivity index is 1.67. The van der Waals surface area contributed by atoms with Gasteiger partial charge in [0.25, 0.3) is 0 Å². The molecule has 0 spiro atoms. The summed E-state index contributed by atoms with van der Waals surface area (Å²) in [5.74, 6) is 1.53. The van der Waals surface area contributed by atoms with Crippen molar-refractivity contribution in [3.8, 4) is 17.0 Å². The zero-order valence-corrected chi connectivity index (χ0v) is 15.4. The number of fused-ring (bicyclic) bond motifs is 1. The van der Waals surface area contributed by atoms with Gasteiger partial charge in [-0.2, -0.15) is 13.2 Å². The van der Waals surface area contributed by atoms with Gasteiger partial charge in [-0.25, -0.2) is 4.98 Å². The van der Waals surface area contributed by atoms with Crippen molar-refractivity contribution in [2.45, 2.75) is 19.6 Å². The maximum atomic E-state index is 12.8. The lowest BCUT2D eigenvalue weighted by Crippen LogP contribution is -2.04. The minimum absolute atomic E-state index is 0.628. The number of alkyl halides is 3. The summed E-state index contributed by atoms with van der Waals surface area (Å²) >= 11 is 0. The predicted octanol–water partition coefficient (Wildman–Crippen LogP) is 5.19. The molecule has 0 unspecified atom stereocenters. The van der Waals surface area contributed by atoms with E-state index in [0.29, 0.717) is 17.8 Å². The number of aromatic nitrogens is 3. The van der Waals surface area contributed by atoms with Gasteiger partial charge in [-0.3, -0.25) is 4.40 Å². The first-order valence-corrected chi connectivity index (χ1v) is 8.71. The summed E-state index contributed by atoms with van der Waals surface area (Å²) in [6, 6.07) is 12.9. The Morgan fingerprint density at radius 3 is 2.25 bits per heavy atom. The van der Waals surface area contributed by atoms with Gasteiger partial charge in [0, 0.05) is 23.7 Å². The largest absolute Gasteiger partial charge is 0.497 e. The molecule has 144 valence electrons. The SMILES string of the molecule is COc1ccc(Cn2ccn3c(C)c(-c4ccc(C(F)(F)F)cc4)nc23)cc1. The summed E-state index contributed by atoms with van der Waals surface area (Å²) in [6.07, 6.45) is -0.494. The normalized spacial score (nSPS) is 11.9. The van der Waals surface area contributed by atoms with E-state index >= 15 is 0 Å². The van der Waals surface area contributed by atoms with E-state index < -0.39 is 11.7 Å². The van der Waals surface area contributed by atoms with E-state index in [1.54, 1.807) is 7.11 Å². The topological polar surface area (TPSA) is 31.5 Å². The molecular formula is C21H18F3N3O. The van der Waals surface area contributed by atoms with Gasteiger partial charge < -0.3 is 9.30 Å². The predicted molar refractivity (Wildman–Crippen MR) is 100 cm³/mol. The molecule has 4 rings (SSSR count). The first-order valence-electron chi connectivity index (χ1n) is 8.71. The van der Waals surface area contributed by atoms with Gasteiger partial charge >= 0.3 is 6.18 Å². The summed E-state index contributed by atoms with van der Waals surface area (Å²) in [5.41, 5.74) is 2.64. The molecule has 0 N–H and O–H groups in total. The lowest BCUT2D eigenvalue weighted by atomic mass is 10.1. The molecule has 0 amide bonds. The molecule has 0 saturated heterocycles. The zero-order chi connectivity index (χ0) is 19.9. The van der Waals surface area contributed by atoms with Crippen LogP contribution in [-0.2, 0) is 12.7 Å². The molecule has 7 heteroatoms. The van der Waals surface area contributed by atoms with Crippen molar-refractivity contribution >= 4 is 5.78 Å². The highest BCUT2D eigenvalue weighted by Crippen LogP contribution is 2.32. The van der Waals surface area contributed by atoms with Crippen LogP contribution in [0.25, 0.3) is 17.0 Å². The summed E-state index contributed by atoms with van der Waals surface area (Å²) in [5, 5.41) is 0. The van der Waals surface area contributed by atoms with E-state index in [9.17, 15) is 13.2 Å². The second kappa shape index (κ2) is 6.74. The Morgan fingerprint density at radius 2 is 1.64 bits per heavy atom. The molecule has 0 aliphatic rings. The number of methoxy groups -OCH3 is 1. The average Bonchev–Trinajstić information content (AvgIpc) is 3.22. The number of halogens is 3. The Bertz CT molecular complexity index is 1110. The van der Waals surface area contributed by atoms with Crippen LogP contribution in [0.15, 0.2) is 60.9 Å². The van der Waals surface area contributed by atoms with Crippen LogP contribution in [0, 0.1) is 6.92 Å². The average molecular weight is 385 g/mol. The Morgan fingerprint density at radius 1 is 0.964 bits per heavy atom. The number of hydrogen-bond acceptors (Lipinski definition) is 2. The van der Waals surface area contributed by atoms with E-state index in [2.05, 4.69) is 4.98 Å². The molecule has 2 heterocycles. The minimum Gasteiger partial charge on any atom is -0.497 e. The van der Waals surface area contributed by atoms with E-state index in [0.717, 1.165) is 34.9 Å². The molecule has 4 aromatic rings. The van der Waals surface area contributed by atoms with Gasteiger partial charge in [0.2, 0.25) is 5.78 Å². The van der Waals surface area contributed by atoms with E-state index in [1.165, 1.54) is 12.1 Å². The Kier molecular flexibility index (Phi) is 4.37. The maximum absolute atomic E-state index is 12.8. The van der Waals surface area contributed by atoms with Crippen molar-refractivity contribution in [2.24, 2.45) is 0 Å². The fourth-order valence-electron chi connectivity index (χ4n) is 3.24. The molecule has 28 heavy (non-hydrogen) atoms. The van der Waals surface area contributed by atoms with Crippen LogP contribution in [0.1, 0.15) is 16.8 Å². The fraction of sp³-hybridized carbons (Fsp3) is 0.190.